The molecule has 3 aromatic heterocycles. The van der Waals surface area contributed by atoms with Crippen LogP contribution in [0.15, 0.2) is 73.3 Å². The van der Waals surface area contributed by atoms with Crippen LogP contribution in [0.1, 0.15) is 0 Å². The summed E-state index contributed by atoms with van der Waals surface area (Å²) >= 11 is 0. The second-order valence-electron chi connectivity index (χ2n) is 6.03. The maximum absolute atomic E-state index is 12.3. The van der Waals surface area contributed by atoms with Gasteiger partial charge in [0, 0.05) is 12.4 Å². The summed E-state index contributed by atoms with van der Waals surface area (Å²) in [7, 11) is 1.62. The van der Waals surface area contributed by atoms with Crippen molar-refractivity contribution in [3.05, 3.63) is 73.3 Å². The average Bonchev–Trinajstić information content (AvgIpc) is 3.38. The summed E-state index contributed by atoms with van der Waals surface area (Å²) in [6, 6.07) is 14.9. The van der Waals surface area contributed by atoms with E-state index in [2.05, 4.69) is 20.5 Å². The van der Waals surface area contributed by atoms with Gasteiger partial charge in [0.1, 0.15) is 18.0 Å². The molecule has 0 aliphatic carbocycles. The Kier molecular flexibility index (Phi) is 4.83. The highest BCUT2D eigenvalue weighted by Crippen LogP contribution is 2.16. The minimum Gasteiger partial charge on any atom is -0.497 e. The van der Waals surface area contributed by atoms with Crippen molar-refractivity contribution in [2.75, 3.05) is 12.4 Å². The monoisotopic (exact) mass is 374 g/mol. The first-order chi connectivity index (χ1) is 13.7. The minimum atomic E-state index is -0.190. The molecule has 3 heterocycles. The standard InChI is InChI=1S/C20H18N6O2/c1-28-17-7-5-16(6-8-17)26-13-15(12-22-26)23-20(27)14-25-11-9-19(24-25)18-4-2-3-10-21-18/h2-13H,14H2,1H3,(H,23,27). The SMILES string of the molecule is COc1ccc(-n2cc(NC(=O)Cn3ccc(-c4ccccn4)n3)cn2)cc1. The molecule has 8 heteroatoms. The lowest BCUT2D eigenvalue weighted by Crippen LogP contribution is -2.18. The van der Waals surface area contributed by atoms with Crippen LogP contribution in [0.4, 0.5) is 5.69 Å². The van der Waals surface area contributed by atoms with Crippen LogP contribution in [0.2, 0.25) is 0 Å². The molecule has 4 aromatic rings. The number of anilines is 1. The number of nitrogens with one attached hydrogen (secondary N) is 1. The maximum Gasteiger partial charge on any atom is 0.246 e. The highest BCUT2D eigenvalue weighted by molar-refractivity contribution is 5.90. The Morgan fingerprint density at radius 2 is 1.96 bits per heavy atom. The summed E-state index contributed by atoms with van der Waals surface area (Å²) in [6.45, 7) is 0.0978. The van der Waals surface area contributed by atoms with Gasteiger partial charge in [-0.25, -0.2) is 4.68 Å². The van der Waals surface area contributed by atoms with E-state index in [4.69, 9.17) is 4.74 Å². The van der Waals surface area contributed by atoms with Crippen molar-refractivity contribution < 1.29 is 9.53 Å². The van der Waals surface area contributed by atoms with Gasteiger partial charge in [0.2, 0.25) is 5.91 Å². The highest BCUT2D eigenvalue weighted by Gasteiger charge is 2.09. The predicted molar refractivity (Wildman–Crippen MR) is 104 cm³/mol. The number of carbonyl (C=O) groups excluding carboxylic acids is 1. The summed E-state index contributed by atoms with van der Waals surface area (Å²) in [5.41, 5.74) is 2.97. The normalized spacial score (nSPS) is 10.6. The van der Waals surface area contributed by atoms with Gasteiger partial charge in [-0.05, 0) is 42.5 Å². The average molecular weight is 374 g/mol. The number of aromatic nitrogens is 5. The van der Waals surface area contributed by atoms with Crippen LogP contribution in [-0.2, 0) is 11.3 Å². The molecule has 0 unspecified atom stereocenters. The number of nitrogens with zero attached hydrogens (tertiary/aromatic N) is 5. The summed E-state index contributed by atoms with van der Waals surface area (Å²) in [5.74, 6) is 0.582. The van der Waals surface area contributed by atoms with Gasteiger partial charge in [0.15, 0.2) is 0 Å². The van der Waals surface area contributed by atoms with Crippen LogP contribution >= 0.6 is 0 Å². The lowest BCUT2D eigenvalue weighted by molar-refractivity contribution is -0.116. The minimum absolute atomic E-state index is 0.0978. The zero-order chi connectivity index (χ0) is 19.3. The van der Waals surface area contributed by atoms with E-state index in [1.807, 2.05) is 48.5 Å². The summed E-state index contributed by atoms with van der Waals surface area (Å²) < 4.78 is 8.41. The molecule has 0 aliphatic heterocycles. The Morgan fingerprint density at radius 1 is 1.11 bits per heavy atom. The van der Waals surface area contributed by atoms with E-state index in [1.165, 1.54) is 0 Å². The number of hydrogen-bond donors (Lipinski definition) is 1. The molecule has 1 amide bonds. The van der Waals surface area contributed by atoms with Crippen LogP contribution in [-0.4, -0.2) is 37.6 Å². The number of pyridine rings is 1. The fourth-order valence-electron chi connectivity index (χ4n) is 2.71. The van der Waals surface area contributed by atoms with E-state index in [0.717, 1.165) is 22.8 Å². The van der Waals surface area contributed by atoms with E-state index >= 15 is 0 Å². The van der Waals surface area contributed by atoms with Crippen molar-refractivity contribution >= 4 is 11.6 Å². The van der Waals surface area contributed by atoms with Gasteiger partial charge in [-0.2, -0.15) is 10.2 Å². The van der Waals surface area contributed by atoms with Crippen molar-refractivity contribution in [2.45, 2.75) is 6.54 Å². The summed E-state index contributed by atoms with van der Waals surface area (Å²) in [4.78, 5) is 16.6. The van der Waals surface area contributed by atoms with Crippen molar-refractivity contribution in [1.82, 2.24) is 24.5 Å². The number of ether oxygens (including phenoxy) is 1. The van der Waals surface area contributed by atoms with Crippen LogP contribution < -0.4 is 10.1 Å². The molecule has 140 valence electrons. The summed E-state index contributed by atoms with van der Waals surface area (Å²) in [6.07, 6.45) is 6.82. The van der Waals surface area contributed by atoms with Gasteiger partial charge < -0.3 is 10.1 Å². The van der Waals surface area contributed by atoms with Crippen molar-refractivity contribution in [3.8, 4) is 22.8 Å². The van der Waals surface area contributed by atoms with Crippen molar-refractivity contribution in [2.24, 2.45) is 0 Å². The number of amides is 1. The molecule has 0 saturated carbocycles. The zero-order valence-electron chi connectivity index (χ0n) is 15.2. The predicted octanol–water partition coefficient (Wildman–Crippen LogP) is 2.78. The van der Waals surface area contributed by atoms with Gasteiger partial charge in [-0.1, -0.05) is 6.07 Å². The van der Waals surface area contributed by atoms with Gasteiger partial charge in [0.05, 0.1) is 36.6 Å². The second-order valence-corrected chi connectivity index (χ2v) is 6.03. The van der Waals surface area contributed by atoms with E-state index in [9.17, 15) is 4.79 Å². The molecule has 0 atom stereocenters. The molecule has 0 radical (unpaired) electrons. The lowest BCUT2D eigenvalue weighted by atomic mass is 10.3. The fraction of sp³-hybridized carbons (Fsp3) is 0.100. The third kappa shape index (κ3) is 3.90. The lowest BCUT2D eigenvalue weighted by Gasteiger charge is -2.04. The largest absolute Gasteiger partial charge is 0.497 e. The van der Waals surface area contributed by atoms with E-state index in [-0.39, 0.29) is 12.5 Å². The Balaban J connectivity index is 1.39. The zero-order valence-corrected chi connectivity index (χ0v) is 15.2. The molecular weight excluding hydrogens is 356 g/mol. The molecule has 1 N–H and O–H groups in total. The molecule has 0 saturated heterocycles. The topological polar surface area (TPSA) is 86.9 Å². The molecule has 0 aliphatic rings. The van der Waals surface area contributed by atoms with Crippen LogP contribution in [0.25, 0.3) is 17.1 Å². The molecule has 0 fully saturated rings. The van der Waals surface area contributed by atoms with Crippen LogP contribution in [0, 0.1) is 0 Å². The first-order valence-corrected chi connectivity index (χ1v) is 8.65. The van der Waals surface area contributed by atoms with Crippen LogP contribution in [0.3, 0.4) is 0 Å². The third-order valence-corrected chi connectivity index (χ3v) is 4.08. The molecule has 4 rings (SSSR count). The van der Waals surface area contributed by atoms with Gasteiger partial charge >= 0.3 is 0 Å². The first-order valence-electron chi connectivity index (χ1n) is 8.65. The third-order valence-electron chi connectivity index (χ3n) is 4.08. The molecule has 28 heavy (non-hydrogen) atoms. The van der Waals surface area contributed by atoms with Gasteiger partial charge in [0.25, 0.3) is 0 Å². The maximum atomic E-state index is 12.3. The van der Waals surface area contributed by atoms with Crippen LogP contribution in [0.5, 0.6) is 5.75 Å². The summed E-state index contributed by atoms with van der Waals surface area (Å²) in [5, 5.41) is 11.5. The number of hydrogen-bond acceptors (Lipinski definition) is 5. The molecule has 8 nitrogen and oxygen atoms in total. The number of benzene rings is 1. The molecular formula is C20H18N6O2. The van der Waals surface area contributed by atoms with Gasteiger partial charge in [-0.15, -0.1) is 0 Å². The number of rotatable bonds is 6. The fourth-order valence-corrected chi connectivity index (χ4v) is 2.71. The molecule has 0 bridgehead atoms. The molecule has 1 aromatic carbocycles. The van der Waals surface area contributed by atoms with E-state index in [1.54, 1.807) is 41.3 Å². The number of carbonyl (C=O) groups is 1. The number of methoxy groups -OCH3 is 1. The van der Waals surface area contributed by atoms with Crippen molar-refractivity contribution in [1.29, 1.82) is 0 Å². The highest BCUT2D eigenvalue weighted by atomic mass is 16.5. The smallest absolute Gasteiger partial charge is 0.246 e. The molecule has 0 spiro atoms. The first kappa shape index (κ1) is 17.5. The quantitative estimate of drug-likeness (QED) is 0.561. The van der Waals surface area contributed by atoms with E-state index in [0.29, 0.717) is 5.69 Å². The second kappa shape index (κ2) is 7.75. The Hall–Kier alpha value is -3.94. The van der Waals surface area contributed by atoms with Gasteiger partial charge in [-0.3, -0.25) is 14.5 Å². The Morgan fingerprint density at radius 3 is 2.71 bits per heavy atom. The Labute approximate surface area is 161 Å². The Bertz CT molecular complexity index is 1070. The van der Waals surface area contributed by atoms with Crippen molar-refractivity contribution in [3.63, 3.8) is 0 Å². The van der Waals surface area contributed by atoms with E-state index < -0.39 is 0 Å².